The number of para-hydroxylation sites is 1. The van der Waals surface area contributed by atoms with Gasteiger partial charge >= 0.3 is 0 Å². The second kappa shape index (κ2) is 10.6. The molecule has 0 aliphatic carbocycles. The number of anilines is 2. The third-order valence-corrected chi connectivity index (χ3v) is 6.48. The van der Waals surface area contributed by atoms with E-state index in [2.05, 4.69) is 27.4 Å². The summed E-state index contributed by atoms with van der Waals surface area (Å²) in [5.41, 5.74) is 2.25. The Morgan fingerprint density at radius 2 is 1.91 bits per heavy atom. The number of methoxy groups -OCH3 is 1. The number of hydrogen-bond acceptors (Lipinski definition) is 6. The Hall–Kier alpha value is -3.23. The van der Waals surface area contributed by atoms with Crippen molar-refractivity contribution in [1.29, 1.82) is 0 Å². The van der Waals surface area contributed by atoms with Gasteiger partial charge in [0.15, 0.2) is 5.13 Å². The smallest absolute Gasteiger partial charge is 0.259 e. The maximum absolute atomic E-state index is 13.0. The Morgan fingerprint density at radius 1 is 1.12 bits per heavy atom. The van der Waals surface area contributed by atoms with Gasteiger partial charge in [0.1, 0.15) is 5.75 Å². The Bertz CT molecular complexity index is 1110. The van der Waals surface area contributed by atoms with Gasteiger partial charge in [-0.2, -0.15) is 0 Å². The van der Waals surface area contributed by atoms with Gasteiger partial charge in [0, 0.05) is 24.0 Å². The number of carbonyl (C=O) groups is 2. The lowest BCUT2D eigenvalue weighted by molar-refractivity contribution is 0.102. The highest BCUT2D eigenvalue weighted by Gasteiger charge is 2.19. The molecule has 1 atom stereocenters. The predicted molar refractivity (Wildman–Crippen MR) is 131 cm³/mol. The topological polar surface area (TPSA) is 83.6 Å². The molecule has 1 saturated heterocycles. The van der Waals surface area contributed by atoms with Crippen LogP contribution in [0.4, 0.5) is 10.8 Å². The summed E-state index contributed by atoms with van der Waals surface area (Å²) >= 11 is 1.41. The zero-order valence-corrected chi connectivity index (χ0v) is 19.7. The van der Waals surface area contributed by atoms with E-state index in [1.54, 1.807) is 55.6 Å². The number of benzene rings is 2. The number of carbonyl (C=O) groups excluding carboxylic acids is 2. The van der Waals surface area contributed by atoms with E-state index in [1.807, 2.05) is 5.38 Å². The van der Waals surface area contributed by atoms with E-state index in [-0.39, 0.29) is 11.8 Å². The minimum atomic E-state index is -0.312. The molecule has 4 rings (SSSR count). The highest BCUT2D eigenvalue weighted by Crippen LogP contribution is 2.23. The van der Waals surface area contributed by atoms with Gasteiger partial charge < -0.3 is 10.1 Å². The average Bonchev–Trinajstić information content (AvgIpc) is 3.26. The van der Waals surface area contributed by atoms with Crippen molar-refractivity contribution in [3.05, 3.63) is 70.7 Å². The molecule has 8 heteroatoms. The minimum Gasteiger partial charge on any atom is -0.497 e. The van der Waals surface area contributed by atoms with Crippen molar-refractivity contribution in [2.24, 2.45) is 5.92 Å². The molecule has 3 aromatic rings. The van der Waals surface area contributed by atoms with Crippen LogP contribution in [0.5, 0.6) is 5.75 Å². The number of aromatic nitrogens is 1. The summed E-state index contributed by atoms with van der Waals surface area (Å²) in [6.07, 6.45) is 2.50. The van der Waals surface area contributed by atoms with Crippen LogP contribution in [0.15, 0.2) is 53.9 Å². The van der Waals surface area contributed by atoms with Gasteiger partial charge in [0.25, 0.3) is 11.8 Å². The first-order valence-corrected chi connectivity index (χ1v) is 11.9. The molecule has 7 nitrogen and oxygen atoms in total. The first kappa shape index (κ1) is 22.9. The summed E-state index contributed by atoms with van der Waals surface area (Å²) in [5.74, 6) is 0.767. The van der Waals surface area contributed by atoms with E-state index in [1.165, 1.54) is 24.2 Å². The maximum Gasteiger partial charge on any atom is 0.259 e. The molecule has 2 amide bonds. The van der Waals surface area contributed by atoms with Crippen molar-refractivity contribution in [2.45, 2.75) is 26.3 Å². The largest absolute Gasteiger partial charge is 0.497 e. The van der Waals surface area contributed by atoms with E-state index in [0.29, 0.717) is 33.6 Å². The molecule has 0 saturated carbocycles. The van der Waals surface area contributed by atoms with Crippen LogP contribution >= 0.6 is 11.3 Å². The van der Waals surface area contributed by atoms with Gasteiger partial charge in [-0.1, -0.05) is 19.1 Å². The Balaban J connectivity index is 1.41. The number of rotatable bonds is 7. The summed E-state index contributed by atoms with van der Waals surface area (Å²) in [5, 5.41) is 8.25. The van der Waals surface area contributed by atoms with E-state index < -0.39 is 0 Å². The molecular formula is C25H28N4O3S. The number of hydrogen-bond donors (Lipinski definition) is 2. The van der Waals surface area contributed by atoms with Gasteiger partial charge in [0.05, 0.1) is 24.1 Å². The van der Waals surface area contributed by atoms with E-state index >= 15 is 0 Å². The van der Waals surface area contributed by atoms with Crippen LogP contribution in [0.2, 0.25) is 0 Å². The average molecular weight is 465 g/mol. The van der Waals surface area contributed by atoms with Crippen molar-refractivity contribution in [1.82, 2.24) is 9.88 Å². The zero-order chi connectivity index (χ0) is 23.2. The number of nitrogens with one attached hydrogen (secondary N) is 2. The van der Waals surface area contributed by atoms with Gasteiger partial charge in [-0.05, 0) is 61.7 Å². The van der Waals surface area contributed by atoms with Gasteiger partial charge in [-0.25, -0.2) is 4.98 Å². The van der Waals surface area contributed by atoms with Gasteiger partial charge in [-0.3, -0.25) is 19.8 Å². The summed E-state index contributed by atoms with van der Waals surface area (Å²) in [6, 6.07) is 13.7. The first-order valence-electron chi connectivity index (χ1n) is 11.0. The quantitative estimate of drug-likeness (QED) is 0.520. The molecule has 0 bridgehead atoms. The molecule has 1 aliphatic heterocycles. The molecule has 2 N–H and O–H groups in total. The van der Waals surface area contributed by atoms with Crippen molar-refractivity contribution >= 4 is 34.0 Å². The van der Waals surface area contributed by atoms with Crippen LogP contribution in [0.25, 0.3) is 0 Å². The normalized spacial score (nSPS) is 16.2. The Morgan fingerprint density at radius 3 is 2.67 bits per heavy atom. The molecule has 1 aromatic heterocycles. The van der Waals surface area contributed by atoms with Crippen LogP contribution in [0, 0.1) is 5.92 Å². The molecule has 172 valence electrons. The SMILES string of the molecule is COc1ccc(C(=O)Nc2ccccc2C(=O)Nc2nc(CN3CCCC(C)C3)cs2)cc1. The van der Waals surface area contributed by atoms with E-state index in [4.69, 9.17) is 4.74 Å². The third-order valence-electron chi connectivity index (χ3n) is 5.67. The lowest BCUT2D eigenvalue weighted by atomic mass is 10.0. The van der Waals surface area contributed by atoms with Crippen LogP contribution in [-0.4, -0.2) is 41.9 Å². The molecule has 1 unspecified atom stereocenters. The summed E-state index contributed by atoms with van der Waals surface area (Å²) in [4.78, 5) is 32.6. The van der Waals surface area contributed by atoms with Crippen molar-refractivity contribution < 1.29 is 14.3 Å². The number of thiazole rings is 1. The number of amides is 2. The minimum absolute atomic E-state index is 0.301. The molecular weight excluding hydrogens is 436 g/mol. The summed E-state index contributed by atoms with van der Waals surface area (Å²) in [6.45, 7) is 5.25. The summed E-state index contributed by atoms with van der Waals surface area (Å²) < 4.78 is 5.13. The molecule has 1 aliphatic rings. The Kier molecular flexibility index (Phi) is 7.36. The van der Waals surface area contributed by atoms with Crippen LogP contribution in [0.3, 0.4) is 0 Å². The Labute approximate surface area is 197 Å². The highest BCUT2D eigenvalue weighted by molar-refractivity contribution is 7.14. The van der Waals surface area contributed by atoms with Gasteiger partial charge in [-0.15, -0.1) is 11.3 Å². The fourth-order valence-electron chi connectivity index (χ4n) is 3.99. The van der Waals surface area contributed by atoms with Crippen molar-refractivity contribution in [3.63, 3.8) is 0 Å². The molecule has 0 spiro atoms. The second-order valence-corrected chi connectivity index (χ2v) is 9.17. The maximum atomic E-state index is 13.0. The second-order valence-electron chi connectivity index (χ2n) is 8.31. The zero-order valence-electron chi connectivity index (χ0n) is 18.8. The fraction of sp³-hybridized carbons (Fsp3) is 0.320. The van der Waals surface area contributed by atoms with Crippen LogP contribution < -0.4 is 15.4 Å². The van der Waals surface area contributed by atoms with Crippen molar-refractivity contribution in [3.8, 4) is 5.75 Å². The molecule has 2 aromatic carbocycles. The number of nitrogens with zero attached hydrogens (tertiary/aromatic N) is 2. The van der Waals surface area contributed by atoms with Crippen LogP contribution in [0.1, 0.15) is 46.2 Å². The van der Waals surface area contributed by atoms with Gasteiger partial charge in [0.2, 0.25) is 0 Å². The number of ether oxygens (including phenoxy) is 1. The van der Waals surface area contributed by atoms with Crippen molar-refractivity contribution in [2.75, 3.05) is 30.8 Å². The molecule has 1 fully saturated rings. The standard InChI is InChI=1S/C25H28N4O3S/c1-17-6-5-13-29(14-17)15-19-16-33-25(26-19)28-24(31)21-7-3-4-8-22(21)27-23(30)18-9-11-20(32-2)12-10-18/h3-4,7-12,16-17H,5-6,13-15H2,1-2H3,(H,27,30)(H,26,28,31). The summed E-state index contributed by atoms with van der Waals surface area (Å²) in [7, 11) is 1.57. The number of piperidine rings is 1. The van der Waals surface area contributed by atoms with E-state index in [0.717, 1.165) is 25.3 Å². The number of likely N-dealkylation sites (tertiary alicyclic amines) is 1. The highest BCUT2D eigenvalue weighted by atomic mass is 32.1. The lowest BCUT2D eigenvalue weighted by Crippen LogP contribution is -2.33. The first-order chi connectivity index (χ1) is 16.0. The molecule has 33 heavy (non-hydrogen) atoms. The van der Waals surface area contributed by atoms with Crippen LogP contribution in [-0.2, 0) is 6.54 Å². The fourth-order valence-corrected chi connectivity index (χ4v) is 4.68. The molecule has 2 heterocycles. The third kappa shape index (κ3) is 5.97. The molecule has 0 radical (unpaired) electrons. The monoisotopic (exact) mass is 464 g/mol. The lowest BCUT2D eigenvalue weighted by Gasteiger charge is -2.30. The van der Waals surface area contributed by atoms with E-state index in [9.17, 15) is 9.59 Å². The predicted octanol–water partition coefficient (Wildman–Crippen LogP) is 4.89.